The van der Waals surface area contributed by atoms with E-state index < -0.39 is 11.7 Å². The Kier molecular flexibility index (Phi) is 3.03. The van der Waals surface area contributed by atoms with Crippen LogP contribution in [0.5, 0.6) is 5.75 Å². The predicted molar refractivity (Wildman–Crippen MR) is 75.2 cm³/mol. The van der Waals surface area contributed by atoms with Crippen molar-refractivity contribution < 1.29 is 9.84 Å². The van der Waals surface area contributed by atoms with Gasteiger partial charge in [-0.2, -0.15) is 0 Å². The zero-order chi connectivity index (χ0) is 13.3. The van der Waals surface area contributed by atoms with Crippen LogP contribution in [0.25, 0.3) is 0 Å². The number of aliphatic hydroxyl groups is 1. The second kappa shape index (κ2) is 4.71. The van der Waals surface area contributed by atoms with Gasteiger partial charge in [0.15, 0.2) is 5.60 Å². The molecule has 2 aromatic carbocycles. The largest absolute Gasteiger partial charge is 0.480 e. The smallest absolute Gasteiger partial charge is 0.160 e. The Morgan fingerprint density at radius 1 is 1.11 bits per heavy atom. The molecule has 2 atom stereocenters. The lowest BCUT2D eigenvalue weighted by atomic mass is 9.80. The summed E-state index contributed by atoms with van der Waals surface area (Å²) in [5.41, 5.74) is 1.49. The Balaban J connectivity index is 2.08. The van der Waals surface area contributed by atoms with Crippen LogP contribution in [0.4, 0.5) is 0 Å². The summed E-state index contributed by atoms with van der Waals surface area (Å²) in [7, 11) is 0. The van der Waals surface area contributed by atoms with Crippen molar-refractivity contribution in [3.8, 4) is 5.75 Å². The molecule has 0 bridgehead atoms. The minimum atomic E-state index is -0.629. The Bertz CT molecular complexity index is 564. The molecule has 1 N–H and O–H groups in total. The highest BCUT2D eigenvalue weighted by atomic mass is 16.5. The molecule has 0 fully saturated rings. The molecule has 2 heteroatoms. The summed E-state index contributed by atoms with van der Waals surface area (Å²) in [5.74, 6) is 0.888. The highest BCUT2D eigenvalue weighted by Gasteiger charge is 2.44. The first-order valence-electron chi connectivity index (χ1n) is 6.77. The fourth-order valence-electron chi connectivity index (χ4n) is 2.89. The van der Waals surface area contributed by atoms with E-state index in [1.165, 1.54) is 0 Å². The standard InChI is InChI=1S/C17H18O2/c1-2-17(14-9-4-3-5-10-14)16(18)12-13-8-6-7-11-15(13)19-17/h3-11,16,18H,2,12H2,1H3. The van der Waals surface area contributed by atoms with Crippen LogP contribution in [0, 0.1) is 0 Å². The zero-order valence-corrected chi connectivity index (χ0v) is 11.0. The average Bonchev–Trinajstić information content (AvgIpc) is 2.47. The fraction of sp³-hybridized carbons (Fsp3) is 0.294. The molecular weight excluding hydrogens is 236 g/mol. The van der Waals surface area contributed by atoms with Crippen molar-refractivity contribution >= 4 is 0 Å². The third kappa shape index (κ3) is 1.92. The minimum Gasteiger partial charge on any atom is -0.480 e. The van der Waals surface area contributed by atoms with Gasteiger partial charge in [0.25, 0.3) is 0 Å². The first-order chi connectivity index (χ1) is 9.26. The summed E-state index contributed by atoms with van der Waals surface area (Å²) in [6, 6.07) is 18.0. The van der Waals surface area contributed by atoms with Gasteiger partial charge >= 0.3 is 0 Å². The minimum absolute atomic E-state index is 0.519. The van der Waals surface area contributed by atoms with Crippen molar-refractivity contribution in [3.05, 3.63) is 65.7 Å². The third-order valence-electron chi connectivity index (χ3n) is 4.00. The van der Waals surface area contributed by atoms with E-state index in [1.807, 2.05) is 54.6 Å². The normalized spacial score (nSPS) is 25.5. The van der Waals surface area contributed by atoms with Crippen LogP contribution in [-0.2, 0) is 12.0 Å². The van der Waals surface area contributed by atoms with E-state index in [2.05, 4.69) is 6.92 Å². The molecule has 0 aromatic heterocycles. The average molecular weight is 254 g/mol. The monoisotopic (exact) mass is 254 g/mol. The molecule has 1 aliphatic heterocycles. The molecule has 19 heavy (non-hydrogen) atoms. The maximum Gasteiger partial charge on any atom is 0.160 e. The van der Waals surface area contributed by atoms with Crippen LogP contribution >= 0.6 is 0 Å². The number of benzene rings is 2. The van der Waals surface area contributed by atoms with Crippen molar-refractivity contribution in [1.82, 2.24) is 0 Å². The van der Waals surface area contributed by atoms with Gasteiger partial charge in [-0.15, -0.1) is 0 Å². The Morgan fingerprint density at radius 3 is 2.53 bits per heavy atom. The van der Waals surface area contributed by atoms with Crippen LogP contribution in [0.1, 0.15) is 24.5 Å². The lowest BCUT2D eigenvalue weighted by molar-refractivity contribution is -0.0748. The summed E-state index contributed by atoms with van der Waals surface area (Å²) in [6.07, 6.45) is 0.862. The van der Waals surface area contributed by atoms with Gasteiger partial charge in [0, 0.05) is 6.42 Å². The Morgan fingerprint density at radius 2 is 1.79 bits per heavy atom. The molecule has 2 unspecified atom stereocenters. The zero-order valence-electron chi connectivity index (χ0n) is 11.0. The number of rotatable bonds is 2. The molecule has 0 saturated carbocycles. The molecule has 0 radical (unpaired) electrons. The van der Waals surface area contributed by atoms with Gasteiger partial charge in [0.05, 0.1) is 0 Å². The van der Waals surface area contributed by atoms with Crippen molar-refractivity contribution in [2.24, 2.45) is 0 Å². The lowest BCUT2D eigenvalue weighted by Gasteiger charge is -2.42. The second-order valence-corrected chi connectivity index (χ2v) is 5.04. The van der Waals surface area contributed by atoms with Gasteiger partial charge in [0.2, 0.25) is 0 Å². The highest BCUT2D eigenvalue weighted by Crippen LogP contribution is 2.41. The van der Waals surface area contributed by atoms with Gasteiger partial charge in [-0.3, -0.25) is 0 Å². The number of fused-ring (bicyclic) bond motifs is 1. The van der Waals surface area contributed by atoms with Crippen LogP contribution in [-0.4, -0.2) is 11.2 Å². The Hall–Kier alpha value is -1.80. The summed E-state index contributed by atoms with van der Waals surface area (Å²) in [5, 5.41) is 10.6. The quantitative estimate of drug-likeness (QED) is 0.891. The van der Waals surface area contributed by atoms with Crippen molar-refractivity contribution in [3.63, 3.8) is 0 Å². The van der Waals surface area contributed by atoms with Gasteiger partial charge in [-0.25, -0.2) is 0 Å². The second-order valence-electron chi connectivity index (χ2n) is 5.04. The third-order valence-corrected chi connectivity index (χ3v) is 4.00. The molecule has 98 valence electrons. The predicted octanol–water partition coefficient (Wildman–Crippen LogP) is 3.29. The van der Waals surface area contributed by atoms with Crippen molar-refractivity contribution in [1.29, 1.82) is 0 Å². The molecule has 0 aliphatic carbocycles. The SMILES string of the molecule is CCC1(c2ccccc2)Oc2ccccc2CC1O. The van der Waals surface area contributed by atoms with Gasteiger partial charge < -0.3 is 9.84 Å². The van der Waals surface area contributed by atoms with E-state index in [1.54, 1.807) is 0 Å². The molecule has 2 aromatic rings. The fourth-order valence-corrected chi connectivity index (χ4v) is 2.89. The van der Waals surface area contributed by atoms with E-state index in [9.17, 15) is 5.11 Å². The van der Waals surface area contributed by atoms with Crippen LogP contribution in [0.15, 0.2) is 54.6 Å². The number of aliphatic hydroxyl groups excluding tert-OH is 1. The van der Waals surface area contributed by atoms with Crippen LogP contribution < -0.4 is 4.74 Å². The van der Waals surface area contributed by atoms with Gasteiger partial charge in [-0.05, 0) is 23.6 Å². The number of hydrogen-bond acceptors (Lipinski definition) is 2. The van der Waals surface area contributed by atoms with E-state index in [4.69, 9.17) is 4.74 Å². The van der Waals surface area contributed by atoms with E-state index in [-0.39, 0.29) is 0 Å². The molecule has 0 amide bonds. The molecule has 0 spiro atoms. The lowest BCUT2D eigenvalue weighted by Crippen LogP contribution is -2.48. The molecule has 1 aliphatic rings. The van der Waals surface area contributed by atoms with Crippen LogP contribution in [0.2, 0.25) is 0 Å². The first kappa shape index (κ1) is 12.2. The van der Waals surface area contributed by atoms with E-state index in [0.29, 0.717) is 6.42 Å². The van der Waals surface area contributed by atoms with Crippen molar-refractivity contribution in [2.75, 3.05) is 0 Å². The number of para-hydroxylation sites is 1. The number of hydrogen-bond donors (Lipinski definition) is 1. The summed E-state index contributed by atoms with van der Waals surface area (Å²) < 4.78 is 6.22. The number of ether oxygens (including phenoxy) is 1. The topological polar surface area (TPSA) is 29.5 Å². The van der Waals surface area contributed by atoms with Crippen LogP contribution in [0.3, 0.4) is 0 Å². The molecule has 0 saturated heterocycles. The summed E-state index contributed by atoms with van der Waals surface area (Å²) in [6.45, 7) is 2.06. The first-order valence-corrected chi connectivity index (χ1v) is 6.77. The van der Waals surface area contributed by atoms with E-state index in [0.717, 1.165) is 23.3 Å². The Labute approximate surface area is 113 Å². The summed E-state index contributed by atoms with van der Waals surface area (Å²) >= 11 is 0. The van der Waals surface area contributed by atoms with Gasteiger partial charge in [0.1, 0.15) is 11.9 Å². The molecule has 2 nitrogen and oxygen atoms in total. The molecular formula is C17H18O2. The highest BCUT2D eigenvalue weighted by molar-refractivity contribution is 5.40. The molecule has 1 heterocycles. The summed E-state index contributed by atoms with van der Waals surface area (Å²) in [4.78, 5) is 0. The van der Waals surface area contributed by atoms with Gasteiger partial charge in [-0.1, -0.05) is 55.5 Å². The van der Waals surface area contributed by atoms with E-state index >= 15 is 0 Å². The molecule has 3 rings (SSSR count). The van der Waals surface area contributed by atoms with Crippen molar-refractivity contribution in [2.45, 2.75) is 31.5 Å². The maximum absolute atomic E-state index is 10.6. The maximum atomic E-state index is 10.6.